The minimum absolute atomic E-state index is 0.00517. The lowest BCUT2D eigenvalue weighted by Gasteiger charge is -2.26. The summed E-state index contributed by atoms with van der Waals surface area (Å²) in [6.45, 7) is 16.2. The summed E-state index contributed by atoms with van der Waals surface area (Å²) < 4.78 is 23.4. The number of unbranched alkanes of at least 4 members (excludes halogenated alkanes) is 19. The number of carbonyl (C=O) groups is 2. The van der Waals surface area contributed by atoms with Crippen molar-refractivity contribution >= 4 is 11.9 Å². The van der Waals surface area contributed by atoms with Gasteiger partial charge < -0.3 is 18.9 Å². The van der Waals surface area contributed by atoms with Crippen molar-refractivity contribution in [2.45, 2.75) is 265 Å². The molecule has 1 fully saturated rings. The molecular weight excluding hydrogens is 747 g/mol. The molecule has 0 aromatic carbocycles. The Morgan fingerprint density at radius 1 is 0.433 bits per heavy atom. The molecule has 356 valence electrons. The predicted molar refractivity (Wildman–Crippen MR) is 255 cm³/mol. The van der Waals surface area contributed by atoms with Gasteiger partial charge in [-0.1, -0.05) is 195 Å². The summed E-state index contributed by atoms with van der Waals surface area (Å²) in [4.78, 5) is 27.3. The Balaban J connectivity index is 2.23. The molecule has 0 bridgehead atoms. The first-order valence-corrected chi connectivity index (χ1v) is 26.7. The smallest absolute Gasteiger partial charge is 0.305 e. The number of hydrogen-bond acceptors (Lipinski definition) is 7. The lowest BCUT2D eigenvalue weighted by molar-refractivity contribution is -0.145. The zero-order valence-corrected chi connectivity index (χ0v) is 40.7. The second kappa shape index (κ2) is 44.4. The molecule has 1 aliphatic rings. The maximum atomic E-state index is 12.4. The number of esters is 2. The number of nitrogens with zero attached hydrogens (tertiary/aromatic N) is 1. The van der Waals surface area contributed by atoms with E-state index < -0.39 is 0 Å². The highest BCUT2D eigenvalue weighted by molar-refractivity contribution is 5.69. The lowest BCUT2D eigenvalue weighted by atomic mass is 9.92. The average molecular weight is 850 g/mol. The molecule has 1 heterocycles. The van der Waals surface area contributed by atoms with Crippen molar-refractivity contribution in [2.24, 2.45) is 11.8 Å². The van der Waals surface area contributed by atoms with Gasteiger partial charge >= 0.3 is 11.9 Å². The van der Waals surface area contributed by atoms with Gasteiger partial charge in [0, 0.05) is 32.5 Å². The van der Waals surface area contributed by atoms with Crippen LogP contribution < -0.4 is 0 Å². The Kier molecular flexibility index (Phi) is 42.1. The van der Waals surface area contributed by atoms with E-state index in [1.165, 1.54) is 161 Å². The van der Waals surface area contributed by atoms with Gasteiger partial charge in [0.2, 0.25) is 0 Å². The summed E-state index contributed by atoms with van der Waals surface area (Å²) in [6.07, 6.45) is 43.0. The van der Waals surface area contributed by atoms with E-state index in [2.05, 4.69) is 32.6 Å². The second-order valence-corrected chi connectivity index (χ2v) is 18.7. The molecule has 0 saturated carbocycles. The van der Waals surface area contributed by atoms with Crippen molar-refractivity contribution in [2.75, 3.05) is 52.7 Å². The molecule has 0 aliphatic carbocycles. The van der Waals surface area contributed by atoms with Crippen molar-refractivity contribution in [1.29, 1.82) is 0 Å². The molecule has 0 atom stereocenters. The first kappa shape index (κ1) is 56.8. The van der Waals surface area contributed by atoms with Crippen LogP contribution in [-0.4, -0.2) is 75.6 Å². The van der Waals surface area contributed by atoms with Crippen LogP contribution in [0.1, 0.15) is 259 Å². The highest BCUT2D eigenvalue weighted by Crippen LogP contribution is 2.23. The second-order valence-electron chi connectivity index (χ2n) is 18.7. The van der Waals surface area contributed by atoms with E-state index in [1.54, 1.807) is 0 Å². The fourth-order valence-electron chi connectivity index (χ4n) is 8.94. The molecule has 0 unspecified atom stereocenters. The topological polar surface area (TPSA) is 74.3 Å². The Bertz CT molecular complexity index is 832. The SMILES string of the molecule is CCCCCC(CCCCC)CCOC(=O)CCCCCCCCC(CCCCCCCCC(=O)OCCC(CCCCC)CCCCC)OCCCCN1CCOCC1. The summed E-state index contributed by atoms with van der Waals surface area (Å²) in [7, 11) is 0. The van der Waals surface area contributed by atoms with Crippen LogP contribution in [0, 0.1) is 11.8 Å². The van der Waals surface area contributed by atoms with Crippen LogP contribution in [0.4, 0.5) is 0 Å². The summed E-state index contributed by atoms with van der Waals surface area (Å²) >= 11 is 0. The third-order valence-corrected chi connectivity index (χ3v) is 13.1. The van der Waals surface area contributed by atoms with E-state index in [0.717, 1.165) is 97.2 Å². The van der Waals surface area contributed by atoms with Gasteiger partial charge in [-0.25, -0.2) is 0 Å². The fourth-order valence-corrected chi connectivity index (χ4v) is 8.94. The monoisotopic (exact) mass is 850 g/mol. The van der Waals surface area contributed by atoms with Gasteiger partial charge in [-0.15, -0.1) is 0 Å². The summed E-state index contributed by atoms with van der Waals surface area (Å²) in [5.41, 5.74) is 0. The van der Waals surface area contributed by atoms with Crippen LogP contribution in [0.15, 0.2) is 0 Å². The number of hydrogen-bond donors (Lipinski definition) is 0. The molecule has 0 amide bonds. The molecular formula is C53H103NO6. The molecule has 0 aromatic heterocycles. The number of ether oxygens (including phenoxy) is 4. The van der Waals surface area contributed by atoms with Crippen molar-refractivity contribution < 1.29 is 28.5 Å². The number of carbonyl (C=O) groups excluding carboxylic acids is 2. The molecule has 60 heavy (non-hydrogen) atoms. The molecule has 0 radical (unpaired) electrons. The van der Waals surface area contributed by atoms with Crippen LogP contribution in [-0.2, 0) is 28.5 Å². The van der Waals surface area contributed by atoms with Crippen molar-refractivity contribution in [3.8, 4) is 0 Å². The third kappa shape index (κ3) is 37.4. The van der Waals surface area contributed by atoms with Crippen LogP contribution in [0.2, 0.25) is 0 Å². The van der Waals surface area contributed by atoms with E-state index in [9.17, 15) is 9.59 Å². The van der Waals surface area contributed by atoms with Gasteiger partial charge in [-0.3, -0.25) is 14.5 Å². The maximum Gasteiger partial charge on any atom is 0.305 e. The molecule has 1 aliphatic heterocycles. The minimum atomic E-state index is 0.00517. The summed E-state index contributed by atoms with van der Waals surface area (Å²) in [5.74, 6) is 1.44. The average Bonchev–Trinajstić information content (AvgIpc) is 3.25. The van der Waals surface area contributed by atoms with Gasteiger partial charge in [0.15, 0.2) is 0 Å². The van der Waals surface area contributed by atoms with Crippen molar-refractivity contribution in [3.63, 3.8) is 0 Å². The van der Waals surface area contributed by atoms with E-state index in [0.29, 0.717) is 44.0 Å². The highest BCUT2D eigenvalue weighted by Gasteiger charge is 2.14. The van der Waals surface area contributed by atoms with Crippen LogP contribution in [0.3, 0.4) is 0 Å². The fraction of sp³-hybridized carbons (Fsp3) is 0.962. The predicted octanol–water partition coefficient (Wildman–Crippen LogP) is 15.1. The van der Waals surface area contributed by atoms with Gasteiger partial charge in [0.1, 0.15) is 0 Å². The first-order valence-electron chi connectivity index (χ1n) is 26.7. The summed E-state index contributed by atoms with van der Waals surface area (Å²) in [6, 6.07) is 0. The van der Waals surface area contributed by atoms with Crippen LogP contribution in [0.5, 0.6) is 0 Å². The zero-order chi connectivity index (χ0) is 43.4. The molecule has 7 heteroatoms. The third-order valence-electron chi connectivity index (χ3n) is 13.1. The zero-order valence-electron chi connectivity index (χ0n) is 40.7. The van der Waals surface area contributed by atoms with Gasteiger partial charge in [0.05, 0.1) is 32.5 Å². The largest absolute Gasteiger partial charge is 0.466 e. The molecule has 0 spiro atoms. The Morgan fingerprint density at radius 3 is 1.23 bits per heavy atom. The summed E-state index contributed by atoms with van der Waals surface area (Å²) in [5, 5.41) is 0. The standard InChI is InChI=1S/C53H103NO6/c1-5-9-21-31-49(32-22-10-6-2)39-45-59-52(55)37-27-19-15-13-17-25-35-51(58-44-30-29-41-54-42-47-57-48-43-54)36-26-18-14-16-20-28-38-53(56)60-46-40-50(33-23-11-7-3)34-24-12-8-4/h49-51H,5-48H2,1-4H3. The maximum absolute atomic E-state index is 12.4. The Hall–Kier alpha value is -1.18. The van der Waals surface area contributed by atoms with Gasteiger partial charge in [0.25, 0.3) is 0 Å². The quantitative estimate of drug-likeness (QED) is 0.0446. The van der Waals surface area contributed by atoms with Crippen molar-refractivity contribution in [3.05, 3.63) is 0 Å². The Morgan fingerprint density at radius 2 is 0.817 bits per heavy atom. The first-order chi connectivity index (χ1) is 29.5. The molecule has 1 saturated heterocycles. The van der Waals surface area contributed by atoms with Crippen LogP contribution >= 0.6 is 0 Å². The highest BCUT2D eigenvalue weighted by atomic mass is 16.5. The minimum Gasteiger partial charge on any atom is -0.466 e. The number of morpholine rings is 1. The van der Waals surface area contributed by atoms with Gasteiger partial charge in [-0.05, 0) is 69.7 Å². The van der Waals surface area contributed by atoms with Gasteiger partial charge in [-0.2, -0.15) is 0 Å². The Labute approximate surface area is 373 Å². The van der Waals surface area contributed by atoms with E-state index in [-0.39, 0.29) is 11.9 Å². The number of rotatable bonds is 46. The molecule has 0 N–H and O–H groups in total. The molecule has 1 rings (SSSR count). The molecule has 0 aromatic rings. The molecule has 7 nitrogen and oxygen atoms in total. The van der Waals surface area contributed by atoms with E-state index >= 15 is 0 Å². The van der Waals surface area contributed by atoms with Crippen LogP contribution in [0.25, 0.3) is 0 Å². The van der Waals surface area contributed by atoms with Crippen molar-refractivity contribution in [1.82, 2.24) is 4.90 Å². The van der Waals surface area contributed by atoms with E-state index in [4.69, 9.17) is 18.9 Å². The lowest BCUT2D eigenvalue weighted by Crippen LogP contribution is -2.36. The normalized spacial score (nSPS) is 13.6. The van der Waals surface area contributed by atoms with E-state index in [1.807, 2.05) is 0 Å².